The highest BCUT2D eigenvalue weighted by atomic mass is 16.6. The first-order chi connectivity index (χ1) is 13.7. The van der Waals surface area contributed by atoms with E-state index in [0.717, 1.165) is 5.56 Å². The van der Waals surface area contributed by atoms with Crippen molar-refractivity contribution in [2.24, 2.45) is 5.92 Å². The van der Waals surface area contributed by atoms with E-state index in [1.165, 1.54) is 0 Å². The van der Waals surface area contributed by atoms with Crippen molar-refractivity contribution in [3.63, 3.8) is 0 Å². The number of esters is 1. The zero-order chi connectivity index (χ0) is 21.8. The van der Waals surface area contributed by atoms with E-state index in [1.807, 2.05) is 37.3 Å². The van der Waals surface area contributed by atoms with E-state index < -0.39 is 29.7 Å². The molecule has 0 radical (unpaired) electrons. The van der Waals surface area contributed by atoms with E-state index in [1.54, 1.807) is 14.0 Å². The maximum absolute atomic E-state index is 12.5. The lowest BCUT2D eigenvalue weighted by molar-refractivity contribution is -0.167. The molecule has 0 saturated carbocycles. The molecule has 0 amide bonds. The standard InChI is InChI=1S/C21H27NO2/c1-4-20(23)24-21(17(2)16-22-3,19-13-9-6-10-14-19)15-18-11-7-5-8-12-18/h5-14,17,22H,4,15-16H2,1-3H3/i6D,9D,10D,13D,14D. The normalized spacial score (nSPS) is 17.5. The van der Waals surface area contributed by atoms with Crippen LogP contribution in [0.5, 0.6) is 0 Å². The van der Waals surface area contributed by atoms with Crippen molar-refractivity contribution < 1.29 is 16.4 Å². The molecule has 1 N–H and O–H groups in total. The maximum Gasteiger partial charge on any atom is 0.306 e. The van der Waals surface area contributed by atoms with Crippen LogP contribution in [0.3, 0.4) is 0 Å². The van der Waals surface area contributed by atoms with Crippen molar-refractivity contribution in [1.82, 2.24) is 5.32 Å². The molecule has 0 heterocycles. The molecule has 0 aromatic heterocycles. The van der Waals surface area contributed by atoms with Crippen LogP contribution in [0.4, 0.5) is 0 Å². The lowest BCUT2D eigenvalue weighted by Crippen LogP contribution is -2.44. The summed E-state index contributed by atoms with van der Waals surface area (Å²) in [6.07, 6.45) is 0.303. The van der Waals surface area contributed by atoms with Gasteiger partial charge in [-0.1, -0.05) is 74.4 Å². The minimum absolute atomic E-state index is 0.0110. The van der Waals surface area contributed by atoms with Crippen LogP contribution < -0.4 is 5.32 Å². The van der Waals surface area contributed by atoms with Crippen LogP contribution in [0.25, 0.3) is 0 Å². The van der Waals surface area contributed by atoms with Gasteiger partial charge in [0.25, 0.3) is 0 Å². The summed E-state index contributed by atoms with van der Waals surface area (Å²) < 4.78 is 47.1. The minimum atomic E-state index is -1.43. The van der Waals surface area contributed by atoms with Gasteiger partial charge in [0.1, 0.15) is 5.60 Å². The molecule has 0 saturated heterocycles. The predicted molar refractivity (Wildman–Crippen MR) is 97.7 cm³/mol. The summed E-state index contributed by atoms with van der Waals surface area (Å²) in [6.45, 7) is 3.94. The summed E-state index contributed by atoms with van der Waals surface area (Å²) in [7, 11) is 1.76. The highest BCUT2D eigenvalue weighted by Crippen LogP contribution is 2.37. The molecule has 3 nitrogen and oxygen atoms in total. The summed E-state index contributed by atoms with van der Waals surface area (Å²) >= 11 is 0. The van der Waals surface area contributed by atoms with Crippen molar-refractivity contribution in [1.29, 1.82) is 0 Å². The number of rotatable bonds is 8. The fraction of sp³-hybridized carbons (Fsp3) is 0.381. The van der Waals surface area contributed by atoms with Crippen molar-refractivity contribution in [3.8, 4) is 0 Å². The van der Waals surface area contributed by atoms with Gasteiger partial charge in [0.15, 0.2) is 0 Å². The fourth-order valence-corrected chi connectivity index (χ4v) is 2.80. The van der Waals surface area contributed by atoms with Crippen molar-refractivity contribution in [2.75, 3.05) is 13.6 Å². The first-order valence-electron chi connectivity index (χ1n) is 10.7. The van der Waals surface area contributed by atoms with E-state index in [2.05, 4.69) is 5.32 Å². The number of benzene rings is 2. The Balaban J connectivity index is 2.85. The maximum atomic E-state index is 12.5. The van der Waals surface area contributed by atoms with Gasteiger partial charge in [0.2, 0.25) is 0 Å². The lowest BCUT2D eigenvalue weighted by atomic mass is 9.77. The quantitative estimate of drug-likeness (QED) is 0.745. The molecule has 0 bridgehead atoms. The van der Waals surface area contributed by atoms with Gasteiger partial charge in [-0.2, -0.15) is 0 Å². The van der Waals surface area contributed by atoms with E-state index >= 15 is 0 Å². The second-order valence-electron chi connectivity index (χ2n) is 5.84. The number of nitrogens with one attached hydrogen (secondary N) is 1. The van der Waals surface area contributed by atoms with Crippen LogP contribution in [0.2, 0.25) is 0 Å². The summed E-state index contributed by atoms with van der Waals surface area (Å²) in [5, 5.41) is 3.05. The molecule has 24 heavy (non-hydrogen) atoms. The zero-order valence-corrected chi connectivity index (χ0v) is 14.4. The zero-order valence-electron chi connectivity index (χ0n) is 19.4. The Morgan fingerprint density at radius 2 is 1.92 bits per heavy atom. The average molecular weight is 330 g/mol. The molecule has 0 aliphatic heterocycles. The first kappa shape index (κ1) is 12.3. The Morgan fingerprint density at radius 1 is 1.25 bits per heavy atom. The van der Waals surface area contributed by atoms with E-state index in [4.69, 9.17) is 11.6 Å². The second kappa shape index (κ2) is 8.65. The van der Waals surface area contributed by atoms with Crippen LogP contribution in [-0.2, 0) is 21.6 Å². The predicted octanol–water partition coefficient (Wildman–Crippen LogP) is 3.93. The molecule has 2 aromatic carbocycles. The lowest BCUT2D eigenvalue weighted by Gasteiger charge is -2.39. The number of ether oxygens (including phenoxy) is 1. The molecule has 0 fully saturated rings. The highest BCUT2D eigenvalue weighted by molar-refractivity contribution is 5.69. The third-order valence-corrected chi connectivity index (χ3v) is 4.12. The smallest absolute Gasteiger partial charge is 0.306 e. The van der Waals surface area contributed by atoms with Crippen molar-refractivity contribution >= 4 is 5.97 Å². The largest absolute Gasteiger partial charge is 0.453 e. The molecule has 2 aromatic rings. The van der Waals surface area contributed by atoms with Crippen LogP contribution in [0.15, 0.2) is 60.5 Å². The van der Waals surface area contributed by atoms with Gasteiger partial charge in [-0.05, 0) is 18.2 Å². The van der Waals surface area contributed by atoms with Gasteiger partial charge >= 0.3 is 5.97 Å². The Bertz CT molecular complexity index is 846. The molecule has 3 heteroatoms. The summed E-state index contributed by atoms with van der Waals surface area (Å²) in [4.78, 5) is 12.5. The summed E-state index contributed by atoms with van der Waals surface area (Å²) in [5.41, 5.74) is -0.576. The first-order valence-corrected chi connectivity index (χ1v) is 8.17. The Morgan fingerprint density at radius 3 is 2.50 bits per heavy atom. The van der Waals surface area contributed by atoms with Crippen LogP contribution in [-0.4, -0.2) is 19.6 Å². The number of carbonyl (C=O) groups excluding carboxylic acids is 1. The molecule has 0 aliphatic carbocycles. The van der Waals surface area contributed by atoms with Crippen LogP contribution in [0, 0.1) is 5.92 Å². The van der Waals surface area contributed by atoms with Gasteiger partial charge in [0, 0.05) is 25.3 Å². The van der Waals surface area contributed by atoms with Crippen LogP contribution in [0.1, 0.15) is 38.2 Å². The van der Waals surface area contributed by atoms with Gasteiger partial charge < -0.3 is 10.1 Å². The molecule has 128 valence electrons. The molecule has 2 atom stereocenters. The molecular weight excluding hydrogens is 298 g/mol. The van der Waals surface area contributed by atoms with Gasteiger partial charge in [-0.15, -0.1) is 0 Å². The number of hydrogen-bond acceptors (Lipinski definition) is 3. The Hall–Kier alpha value is -2.13. The monoisotopic (exact) mass is 330 g/mol. The molecule has 0 aliphatic rings. The number of hydrogen-bond donors (Lipinski definition) is 1. The van der Waals surface area contributed by atoms with E-state index in [0.29, 0.717) is 6.54 Å². The van der Waals surface area contributed by atoms with Gasteiger partial charge in [0.05, 0.1) is 6.85 Å². The fourth-order valence-electron chi connectivity index (χ4n) is 2.80. The molecule has 2 unspecified atom stereocenters. The average Bonchev–Trinajstić information content (AvgIpc) is 2.71. The number of carbonyl (C=O) groups is 1. The van der Waals surface area contributed by atoms with E-state index in [-0.39, 0.29) is 36.4 Å². The SMILES string of the molecule is [2H]c1c([2H])c([2H])c(C(Cc2ccccc2)(OC(=O)CC)C(C)CNC)c([2H])c1[2H]. The summed E-state index contributed by atoms with van der Waals surface area (Å²) in [6, 6.07) is 7.26. The second-order valence-corrected chi connectivity index (χ2v) is 5.84. The Kier molecular flexibility index (Phi) is 4.42. The van der Waals surface area contributed by atoms with Crippen molar-refractivity contribution in [3.05, 3.63) is 71.7 Å². The van der Waals surface area contributed by atoms with Crippen LogP contribution >= 0.6 is 0 Å². The molecule has 2 rings (SSSR count). The third-order valence-electron chi connectivity index (χ3n) is 4.12. The van der Waals surface area contributed by atoms with Gasteiger partial charge in [-0.3, -0.25) is 4.79 Å². The highest BCUT2D eigenvalue weighted by Gasteiger charge is 2.41. The summed E-state index contributed by atoms with van der Waals surface area (Å²) in [5.74, 6) is -0.859. The van der Waals surface area contributed by atoms with E-state index in [9.17, 15) is 4.79 Å². The van der Waals surface area contributed by atoms with Gasteiger partial charge in [-0.25, -0.2) is 0 Å². The van der Waals surface area contributed by atoms with Crippen molar-refractivity contribution in [2.45, 2.75) is 32.3 Å². The molecule has 0 spiro atoms. The topological polar surface area (TPSA) is 38.3 Å². The Labute approximate surface area is 152 Å². The molecular formula is C21H27NO2. The minimum Gasteiger partial charge on any atom is -0.453 e. The third kappa shape index (κ3) is 4.24.